The zero-order chi connectivity index (χ0) is 19.3. The molecular weight excluding hydrogens is 328 g/mol. The fourth-order valence-corrected chi connectivity index (χ4v) is 2.86. The molecule has 2 aromatic carbocycles. The minimum Gasteiger partial charge on any atom is -0.493 e. The molecule has 0 aliphatic heterocycles. The molecule has 0 amide bonds. The summed E-state index contributed by atoms with van der Waals surface area (Å²) in [6.07, 6.45) is 1.32. The van der Waals surface area contributed by atoms with Crippen LogP contribution in [0.15, 0.2) is 36.4 Å². The number of ether oxygens (including phenoxy) is 2. The zero-order valence-electron chi connectivity index (χ0n) is 16.3. The predicted octanol–water partition coefficient (Wildman–Crippen LogP) is 4.22. The molecule has 0 saturated carbocycles. The zero-order valence-corrected chi connectivity index (χ0v) is 16.3. The summed E-state index contributed by atoms with van der Waals surface area (Å²) in [7, 11) is 1.39. The lowest BCUT2D eigenvalue weighted by molar-refractivity contribution is 0.0552. The van der Waals surface area contributed by atoms with Crippen LogP contribution in [0.3, 0.4) is 0 Å². The van der Waals surface area contributed by atoms with Crippen molar-refractivity contribution >= 4 is 5.97 Å². The highest BCUT2D eigenvalue weighted by Crippen LogP contribution is 2.25. The number of methoxy groups -OCH3 is 1. The van der Waals surface area contributed by atoms with Gasteiger partial charge in [-0.2, -0.15) is 0 Å². The van der Waals surface area contributed by atoms with Crippen molar-refractivity contribution in [2.24, 2.45) is 0 Å². The second-order valence-corrected chi connectivity index (χ2v) is 7.32. The molecule has 0 bridgehead atoms. The van der Waals surface area contributed by atoms with Gasteiger partial charge in [0.15, 0.2) is 0 Å². The lowest BCUT2D eigenvalue weighted by Gasteiger charge is -2.18. The van der Waals surface area contributed by atoms with Crippen molar-refractivity contribution in [1.29, 1.82) is 0 Å². The van der Waals surface area contributed by atoms with Crippen LogP contribution >= 0.6 is 0 Å². The van der Waals surface area contributed by atoms with Crippen molar-refractivity contribution in [2.75, 3.05) is 13.7 Å². The van der Waals surface area contributed by atoms with Gasteiger partial charge in [0.25, 0.3) is 0 Å². The maximum Gasteiger partial charge on any atom is 0.337 e. The third-order valence-electron chi connectivity index (χ3n) is 4.38. The fourth-order valence-electron chi connectivity index (χ4n) is 2.86. The number of hydrogen-bond acceptors (Lipinski definition) is 4. The number of carbonyl (C=O) groups is 1. The molecule has 0 radical (unpaired) electrons. The van der Waals surface area contributed by atoms with Crippen LogP contribution in [0.4, 0.5) is 0 Å². The predicted molar refractivity (Wildman–Crippen MR) is 103 cm³/mol. The Morgan fingerprint density at radius 1 is 1.12 bits per heavy atom. The topological polar surface area (TPSA) is 55.8 Å². The number of rotatable bonds is 7. The second-order valence-electron chi connectivity index (χ2n) is 7.32. The quantitative estimate of drug-likeness (QED) is 0.755. The first kappa shape index (κ1) is 20.0. The van der Waals surface area contributed by atoms with E-state index in [1.807, 2.05) is 30.3 Å². The van der Waals surface area contributed by atoms with Gasteiger partial charge in [-0.15, -0.1) is 0 Å². The van der Waals surface area contributed by atoms with Crippen molar-refractivity contribution < 1.29 is 19.4 Å². The van der Waals surface area contributed by atoms with Gasteiger partial charge in [-0.3, -0.25) is 0 Å². The van der Waals surface area contributed by atoms with E-state index < -0.39 is 5.60 Å². The molecule has 0 spiro atoms. The molecule has 0 aliphatic carbocycles. The molecule has 0 fully saturated rings. The summed E-state index contributed by atoms with van der Waals surface area (Å²) in [5.41, 5.74) is 4.41. The number of carbonyl (C=O) groups excluding carboxylic acids is 1. The van der Waals surface area contributed by atoms with Crippen molar-refractivity contribution in [3.8, 4) is 5.75 Å². The third kappa shape index (κ3) is 5.60. The van der Waals surface area contributed by atoms with E-state index >= 15 is 0 Å². The highest BCUT2D eigenvalue weighted by atomic mass is 16.5. The smallest absolute Gasteiger partial charge is 0.337 e. The van der Waals surface area contributed by atoms with Crippen molar-refractivity contribution in [3.63, 3.8) is 0 Å². The van der Waals surface area contributed by atoms with Gasteiger partial charge in [0, 0.05) is 6.42 Å². The number of benzene rings is 2. The van der Waals surface area contributed by atoms with Crippen LogP contribution in [0.25, 0.3) is 0 Å². The van der Waals surface area contributed by atoms with Crippen molar-refractivity contribution in [3.05, 3.63) is 64.2 Å². The highest BCUT2D eigenvalue weighted by molar-refractivity contribution is 5.89. The van der Waals surface area contributed by atoms with Crippen LogP contribution < -0.4 is 4.74 Å². The maximum absolute atomic E-state index is 11.7. The van der Waals surface area contributed by atoms with Gasteiger partial charge in [-0.05, 0) is 80.6 Å². The average molecular weight is 356 g/mol. The Morgan fingerprint density at radius 2 is 1.77 bits per heavy atom. The van der Waals surface area contributed by atoms with E-state index in [0.717, 1.165) is 28.9 Å². The van der Waals surface area contributed by atoms with E-state index in [1.165, 1.54) is 12.7 Å². The molecular formula is C22H28O4. The van der Waals surface area contributed by atoms with Crippen LogP contribution in [0, 0.1) is 13.8 Å². The fraction of sp³-hybridized carbons (Fsp3) is 0.409. The summed E-state index contributed by atoms with van der Waals surface area (Å²) in [6.45, 7) is 8.16. The molecule has 0 atom stereocenters. The summed E-state index contributed by atoms with van der Waals surface area (Å²) in [6, 6.07) is 11.6. The second kappa shape index (κ2) is 8.37. The largest absolute Gasteiger partial charge is 0.493 e. The minimum atomic E-state index is -0.727. The molecule has 4 heteroatoms. The van der Waals surface area contributed by atoms with Gasteiger partial charge in [-0.25, -0.2) is 4.79 Å². The van der Waals surface area contributed by atoms with E-state index in [4.69, 9.17) is 9.47 Å². The SMILES string of the molecule is COC(=O)c1cccc(Cc2c(C)cc(OCCC(C)(C)O)cc2C)c1. The Kier molecular flexibility index (Phi) is 6.43. The molecule has 2 aromatic rings. The molecule has 1 N–H and O–H groups in total. The Bertz CT molecular complexity index is 749. The summed E-state index contributed by atoms with van der Waals surface area (Å²) in [4.78, 5) is 11.7. The lowest BCUT2D eigenvalue weighted by atomic mass is 9.95. The van der Waals surface area contributed by atoms with Crippen molar-refractivity contribution in [2.45, 2.75) is 46.1 Å². The highest BCUT2D eigenvalue weighted by Gasteiger charge is 2.13. The molecule has 4 nitrogen and oxygen atoms in total. The van der Waals surface area contributed by atoms with Gasteiger partial charge < -0.3 is 14.6 Å². The number of hydrogen-bond donors (Lipinski definition) is 1. The van der Waals surface area contributed by atoms with Gasteiger partial charge in [0.1, 0.15) is 5.75 Å². The monoisotopic (exact) mass is 356 g/mol. The summed E-state index contributed by atoms with van der Waals surface area (Å²) < 4.78 is 10.6. The molecule has 140 valence electrons. The normalized spacial score (nSPS) is 11.3. The van der Waals surface area contributed by atoms with Crippen LogP contribution in [0.2, 0.25) is 0 Å². The van der Waals surface area contributed by atoms with E-state index in [9.17, 15) is 9.90 Å². The van der Waals surface area contributed by atoms with E-state index in [0.29, 0.717) is 18.6 Å². The average Bonchev–Trinajstić information content (AvgIpc) is 2.56. The van der Waals surface area contributed by atoms with Crippen LogP contribution in [0.5, 0.6) is 5.75 Å². The van der Waals surface area contributed by atoms with E-state index in [1.54, 1.807) is 19.9 Å². The van der Waals surface area contributed by atoms with Crippen molar-refractivity contribution in [1.82, 2.24) is 0 Å². The van der Waals surface area contributed by atoms with Gasteiger partial charge >= 0.3 is 5.97 Å². The molecule has 26 heavy (non-hydrogen) atoms. The Morgan fingerprint density at radius 3 is 2.35 bits per heavy atom. The van der Waals surface area contributed by atoms with Crippen LogP contribution in [-0.2, 0) is 11.2 Å². The van der Waals surface area contributed by atoms with Crippen LogP contribution in [-0.4, -0.2) is 30.4 Å². The van der Waals surface area contributed by atoms with E-state index in [-0.39, 0.29) is 5.97 Å². The molecule has 0 aliphatic rings. The molecule has 2 rings (SSSR count). The Balaban J connectivity index is 2.14. The first-order chi connectivity index (χ1) is 12.2. The third-order valence-corrected chi connectivity index (χ3v) is 4.38. The first-order valence-corrected chi connectivity index (χ1v) is 8.82. The molecule has 0 aromatic heterocycles. The summed E-state index contributed by atoms with van der Waals surface area (Å²) in [5, 5.41) is 9.78. The Hall–Kier alpha value is -2.33. The lowest BCUT2D eigenvalue weighted by Crippen LogP contribution is -2.21. The summed E-state index contributed by atoms with van der Waals surface area (Å²) >= 11 is 0. The number of esters is 1. The molecule has 0 heterocycles. The Labute approximate surface area is 155 Å². The van der Waals surface area contributed by atoms with Gasteiger partial charge in [0.2, 0.25) is 0 Å². The minimum absolute atomic E-state index is 0.323. The van der Waals surface area contributed by atoms with Gasteiger partial charge in [0.05, 0.1) is 24.9 Å². The summed E-state index contributed by atoms with van der Waals surface area (Å²) in [5.74, 6) is 0.493. The first-order valence-electron chi connectivity index (χ1n) is 8.82. The maximum atomic E-state index is 11.7. The standard InChI is InChI=1S/C22H28O4/c1-15-11-19(26-10-9-22(3,4)24)12-16(2)20(15)14-17-7-6-8-18(13-17)21(23)25-5/h6-8,11-13,24H,9-10,14H2,1-5H3. The molecule has 0 unspecified atom stereocenters. The van der Waals surface area contributed by atoms with E-state index in [2.05, 4.69) is 13.8 Å². The number of aryl methyl sites for hydroxylation is 2. The molecule has 0 saturated heterocycles. The number of aliphatic hydroxyl groups is 1. The van der Waals surface area contributed by atoms with Crippen LogP contribution in [0.1, 0.15) is 52.9 Å². The van der Waals surface area contributed by atoms with Gasteiger partial charge in [-0.1, -0.05) is 12.1 Å².